The zero-order valence-electron chi connectivity index (χ0n) is 25.3. The number of rotatable bonds is 12. The highest BCUT2D eigenvalue weighted by atomic mass is 32.2. The van der Waals surface area contributed by atoms with E-state index in [1.54, 1.807) is 0 Å². The van der Waals surface area contributed by atoms with Gasteiger partial charge >= 0.3 is 21.3 Å². The van der Waals surface area contributed by atoms with Crippen LogP contribution in [0.15, 0.2) is 87.5 Å². The van der Waals surface area contributed by atoms with Gasteiger partial charge in [-0.3, -0.25) is 4.55 Å². The maximum Gasteiger partial charge on any atom is 0.431 e. The first-order chi connectivity index (χ1) is 21.5. The van der Waals surface area contributed by atoms with Gasteiger partial charge in [0.2, 0.25) is 0 Å². The smallest absolute Gasteiger partial charge is 0.376 e. The molecule has 0 amide bonds. The van der Waals surface area contributed by atoms with Crippen molar-refractivity contribution in [1.29, 1.82) is 0 Å². The minimum atomic E-state index is -6.29. The van der Waals surface area contributed by atoms with E-state index in [0.29, 0.717) is 11.8 Å². The molecule has 0 radical (unpaired) electrons. The van der Waals surface area contributed by atoms with Crippen LogP contribution in [0.25, 0.3) is 0 Å². The molecule has 0 saturated heterocycles. The van der Waals surface area contributed by atoms with Crippen molar-refractivity contribution in [2.24, 2.45) is 0 Å². The van der Waals surface area contributed by atoms with Crippen LogP contribution in [0.5, 0.6) is 0 Å². The molecule has 2 aliphatic carbocycles. The predicted molar refractivity (Wildman–Crippen MR) is 169 cm³/mol. The second kappa shape index (κ2) is 14.6. The van der Waals surface area contributed by atoms with E-state index in [2.05, 4.69) is 48.5 Å². The van der Waals surface area contributed by atoms with Crippen LogP contribution in [0.3, 0.4) is 0 Å². The molecule has 2 saturated carbocycles. The topological polar surface area (TPSA) is 63.6 Å². The van der Waals surface area contributed by atoms with Gasteiger partial charge in [0.15, 0.2) is 14.7 Å². The van der Waals surface area contributed by atoms with Gasteiger partial charge in [0, 0.05) is 12.0 Å². The molecule has 244 valence electrons. The van der Waals surface area contributed by atoms with Gasteiger partial charge in [-0.25, -0.2) is 0 Å². The van der Waals surface area contributed by atoms with Gasteiger partial charge in [0.05, 0.1) is 24.1 Å². The van der Waals surface area contributed by atoms with Gasteiger partial charge in [-0.15, -0.1) is 0 Å². The average molecular weight is 666 g/mol. The molecule has 0 heterocycles. The highest BCUT2D eigenvalue weighted by Crippen LogP contribution is 2.41. The molecule has 3 aromatic rings. The Morgan fingerprint density at radius 2 is 1.18 bits per heavy atom. The van der Waals surface area contributed by atoms with Crippen LogP contribution < -0.4 is 0 Å². The first kappa shape index (κ1) is 33.9. The molecule has 5 rings (SSSR count). The summed E-state index contributed by atoms with van der Waals surface area (Å²) >= 11 is 0. The van der Waals surface area contributed by atoms with Crippen LogP contribution in [-0.2, 0) is 32.4 Å². The Bertz CT molecular complexity index is 1440. The molecular formula is C35H41F4O4S2+. The van der Waals surface area contributed by atoms with Crippen molar-refractivity contribution in [3.8, 4) is 0 Å². The van der Waals surface area contributed by atoms with Gasteiger partial charge in [-0.2, -0.15) is 26.0 Å². The molecule has 10 heteroatoms. The minimum Gasteiger partial charge on any atom is -0.376 e. The van der Waals surface area contributed by atoms with E-state index in [9.17, 15) is 26.0 Å². The largest absolute Gasteiger partial charge is 0.431 e. The van der Waals surface area contributed by atoms with Crippen LogP contribution in [0, 0.1) is 0 Å². The third-order valence-corrected chi connectivity index (χ3v) is 12.4. The van der Waals surface area contributed by atoms with Crippen LogP contribution in [-0.4, -0.2) is 30.8 Å². The van der Waals surface area contributed by atoms with Gasteiger partial charge < -0.3 is 4.74 Å². The van der Waals surface area contributed by atoms with Crippen molar-refractivity contribution in [2.75, 3.05) is 6.61 Å². The highest BCUT2D eigenvalue weighted by molar-refractivity contribution is 7.97. The van der Waals surface area contributed by atoms with E-state index in [0.717, 1.165) is 20.2 Å². The van der Waals surface area contributed by atoms with E-state index < -0.39 is 45.2 Å². The summed E-state index contributed by atoms with van der Waals surface area (Å²) in [5.41, 5.74) is 3.40. The van der Waals surface area contributed by atoms with Crippen LogP contribution in [0.4, 0.5) is 17.6 Å². The van der Waals surface area contributed by atoms with Crippen LogP contribution in [0.2, 0.25) is 0 Å². The molecular weight excluding hydrogens is 625 g/mol. The molecule has 0 aromatic heterocycles. The fourth-order valence-electron chi connectivity index (χ4n) is 6.55. The van der Waals surface area contributed by atoms with Crippen molar-refractivity contribution in [3.05, 3.63) is 89.5 Å². The van der Waals surface area contributed by atoms with Gasteiger partial charge in [-0.1, -0.05) is 81.0 Å². The lowest BCUT2D eigenvalue weighted by Gasteiger charge is -2.23. The highest BCUT2D eigenvalue weighted by Gasteiger charge is 2.65. The summed E-state index contributed by atoms with van der Waals surface area (Å²) in [4.78, 5) is 3.14. The predicted octanol–water partition coefficient (Wildman–Crippen LogP) is 9.90. The number of hydrogen-bond donors (Lipinski definition) is 1. The van der Waals surface area contributed by atoms with Crippen molar-refractivity contribution >= 4 is 21.0 Å². The third kappa shape index (κ3) is 7.95. The Kier molecular flexibility index (Phi) is 11.0. The first-order valence-electron chi connectivity index (χ1n) is 15.8. The molecule has 1 N–H and O–H groups in total. The third-order valence-electron chi connectivity index (χ3n) is 9.15. The second-order valence-electron chi connectivity index (χ2n) is 12.2. The number of alkyl halides is 4. The molecule has 45 heavy (non-hydrogen) atoms. The number of ether oxygens (including phenoxy) is 1. The van der Waals surface area contributed by atoms with Crippen LogP contribution in [0.1, 0.15) is 99.2 Å². The SMILES string of the molecule is O=S(=O)(O)C(F)(F)C(F)(F)CCOCc1ccccc1[S+](c1ccc(C2CCCCC2)cc1)c1ccc(C2CCCCC2)cc1. The Morgan fingerprint density at radius 3 is 1.64 bits per heavy atom. The summed E-state index contributed by atoms with van der Waals surface area (Å²) in [6.07, 6.45) is 10.8. The molecule has 0 bridgehead atoms. The zero-order valence-corrected chi connectivity index (χ0v) is 26.9. The summed E-state index contributed by atoms with van der Waals surface area (Å²) < 4.78 is 91.1. The van der Waals surface area contributed by atoms with Crippen molar-refractivity contribution in [2.45, 2.75) is 115 Å². The molecule has 0 unspecified atom stereocenters. The number of halogens is 4. The summed E-state index contributed by atoms with van der Waals surface area (Å²) in [6, 6.07) is 25.1. The molecule has 0 atom stereocenters. The fourth-order valence-corrected chi connectivity index (χ4v) is 9.23. The maximum atomic E-state index is 14.0. The molecule has 0 spiro atoms. The lowest BCUT2D eigenvalue weighted by molar-refractivity contribution is -0.171. The molecule has 2 aliphatic rings. The van der Waals surface area contributed by atoms with E-state index in [1.165, 1.54) is 75.3 Å². The summed E-state index contributed by atoms with van der Waals surface area (Å²) in [5, 5.41) is -5.61. The Labute approximate surface area is 266 Å². The Balaban J connectivity index is 1.40. The zero-order chi connectivity index (χ0) is 32.1. The standard InChI is InChI=1S/C35H40F4O4S2/c36-34(37,35(38,39)45(40,41)42)23-24-43-25-30-13-7-8-14-33(30)44(31-19-15-28(16-20-31)26-9-3-1-4-10-26)32-21-17-29(18-22-32)27-11-5-2-6-12-27/h7-8,13-22,26-27H,1-6,9-12,23-25H2/p+1. The van der Waals surface area contributed by atoms with Gasteiger partial charge in [0.25, 0.3) is 0 Å². The van der Waals surface area contributed by atoms with E-state index in [-0.39, 0.29) is 6.61 Å². The average Bonchev–Trinajstić information content (AvgIpc) is 3.05. The molecule has 4 nitrogen and oxygen atoms in total. The lowest BCUT2D eigenvalue weighted by atomic mass is 9.84. The minimum absolute atomic E-state index is 0.131. The van der Waals surface area contributed by atoms with E-state index in [4.69, 9.17) is 9.29 Å². The summed E-state index contributed by atoms with van der Waals surface area (Å²) in [6.45, 7) is -0.958. The monoisotopic (exact) mass is 665 g/mol. The fraction of sp³-hybridized carbons (Fsp3) is 0.486. The Hall–Kier alpha value is -2.40. The summed E-state index contributed by atoms with van der Waals surface area (Å²) in [7, 11) is -6.85. The van der Waals surface area contributed by atoms with Gasteiger partial charge in [0.1, 0.15) is 0 Å². The number of hydrogen-bond acceptors (Lipinski definition) is 3. The van der Waals surface area contributed by atoms with E-state index >= 15 is 0 Å². The lowest BCUT2D eigenvalue weighted by Crippen LogP contribution is -2.47. The van der Waals surface area contributed by atoms with Crippen molar-refractivity contribution in [1.82, 2.24) is 0 Å². The Morgan fingerprint density at radius 1 is 0.711 bits per heavy atom. The quantitative estimate of drug-likeness (QED) is 0.0906. The second-order valence-corrected chi connectivity index (χ2v) is 15.7. The van der Waals surface area contributed by atoms with Crippen molar-refractivity contribution < 1.29 is 35.3 Å². The molecule has 2 fully saturated rings. The van der Waals surface area contributed by atoms with Gasteiger partial charge in [-0.05, 0) is 79.0 Å². The van der Waals surface area contributed by atoms with E-state index in [1.807, 2.05) is 24.3 Å². The maximum absolute atomic E-state index is 14.0. The van der Waals surface area contributed by atoms with Crippen LogP contribution >= 0.6 is 0 Å². The summed E-state index contributed by atoms with van der Waals surface area (Å²) in [5.74, 6) is -3.86. The number of benzene rings is 3. The molecule has 3 aromatic carbocycles. The molecule has 0 aliphatic heterocycles. The first-order valence-corrected chi connectivity index (χ1v) is 18.5. The normalized spacial score (nSPS) is 17.6. The van der Waals surface area contributed by atoms with Crippen molar-refractivity contribution in [3.63, 3.8) is 0 Å².